The quantitative estimate of drug-likeness (QED) is 0.155. The van der Waals surface area contributed by atoms with Crippen molar-refractivity contribution in [1.82, 2.24) is 0 Å². The Balaban J connectivity index is 1.02. The second-order valence-corrected chi connectivity index (χ2v) is 14.5. The highest BCUT2D eigenvalue weighted by Gasteiger charge is 2.23. The monoisotopic (exact) mass is 744 g/mol. The van der Waals surface area contributed by atoms with Crippen LogP contribution in [0.3, 0.4) is 0 Å². The van der Waals surface area contributed by atoms with Gasteiger partial charge in [0.2, 0.25) is 0 Å². The van der Waals surface area contributed by atoms with E-state index < -0.39 is 0 Å². The molecule has 4 heteroatoms. The van der Waals surface area contributed by atoms with Gasteiger partial charge in [-0.05, 0) is 114 Å². The van der Waals surface area contributed by atoms with Crippen LogP contribution in [0, 0.1) is 0 Å². The van der Waals surface area contributed by atoms with Crippen molar-refractivity contribution < 1.29 is 8.83 Å². The summed E-state index contributed by atoms with van der Waals surface area (Å²) in [6.07, 6.45) is 0. The molecule has 0 spiro atoms. The van der Waals surface area contributed by atoms with E-state index in [-0.39, 0.29) is 0 Å². The van der Waals surface area contributed by atoms with Gasteiger partial charge < -0.3 is 18.6 Å². The lowest BCUT2D eigenvalue weighted by Gasteiger charge is -2.27. The molecule has 0 N–H and O–H groups in total. The van der Waals surface area contributed by atoms with Crippen molar-refractivity contribution in [3.8, 4) is 22.3 Å². The largest absolute Gasteiger partial charge is 0.456 e. The van der Waals surface area contributed by atoms with Gasteiger partial charge in [-0.15, -0.1) is 0 Å². The standard InChI is InChI=1S/C54H36N2O2/c1-4-14-40(15-5-1)55(41-16-6-2-7-17-41)43-31-26-38(27-32-43)45-33-34-49(53-47-21-11-13-23-51(47)58-54(45)53)56(42-18-8-3-9-19-42)44-29-24-37(25-30-44)39-28-35-52-48(36-39)46-20-10-12-22-50(46)57-52/h1-36H. The summed E-state index contributed by atoms with van der Waals surface area (Å²) in [5.74, 6) is 0. The molecule has 0 bridgehead atoms. The average Bonchev–Trinajstić information content (AvgIpc) is 3.87. The molecule has 274 valence electrons. The lowest BCUT2D eigenvalue weighted by atomic mass is 9.99. The molecule has 0 amide bonds. The fourth-order valence-electron chi connectivity index (χ4n) is 8.33. The highest BCUT2D eigenvalue weighted by atomic mass is 16.3. The third-order valence-electron chi connectivity index (χ3n) is 11.1. The van der Waals surface area contributed by atoms with Crippen LogP contribution >= 0.6 is 0 Å². The Morgan fingerprint density at radius 3 is 1.40 bits per heavy atom. The van der Waals surface area contributed by atoms with Crippen molar-refractivity contribution >= 4 is 78.0 Å². The van der Waals surface area contributed by atoms with Gasteiger partial charge in [-0.25, -0.2) is 0 Å². The van der Waals surface area contributed by atoms with Crippen LogP contribution in [0.5, 0.6) is 0 Å². The zero-order valence-electron chi connectivity index (χ0n) is 31.5. The van der Waals surface area contributed by atoms with Crippen LogP contribution in [0.4, 0.5) is 34.1 Å². The maximum absolute atomic E-state index is 6.81. The Morgan fingerprint density at radius 1 is 0.293 bits per heavy atom. The summed E-state index contributed by atoms with van der Waals surface area (Å²) in [5.41, 5.74) is 14.4. The van der Waals surface area contributed by atoms with Gasteiger partial charge in [0.25, 0.3) is 0 Å². The third-order valence-corrected chi connectivity index (χ3v) is 11.1. The molecular weight excluding hydrogens is 709 g/mol. The number of fused-ring (bicyclic) bond motifs is 6. The number of hydrogen-bond donors (Lipinski definition) is 0. The van der Waals surface area contributed by atoms with Crippen LogP contribution in [0.2, 0.25) is 0 Å². The molecule has 0 aliphatic rings. The van der Waals surface area contributed by atoms with E-state index in [1.165, 1.54) is 0 Å². The number of nitrogens with zero attached hydrogens (tertiary/aromatic N) is 2. The van der Waals surface area contributed by atoms with Crippen LogP contribution in [0.15, 0.2) is 227 Å². The second-order valence-electron chi connectivity index (χ2n) is 14.5. The summed E-state index contributed by atoms with van der Waals surface area (Å²) >= 11 is 0. The lowest BCUT2D eigenvalue weighted by Crippen LogP contribution is -2.10. The van der Waals surface area contributed by atoms with E-state index in [1.54, 1.807) is 0 Å². The van der Waals surface area contributed by atoms with Crippen molar-refractivity contribution in [1.29, 1.82) is 0 Å². The smallest absolute Gasteiger partial charge is 0.145 e. The normalized spacial score (nSPS) is 11.4. The second kappa shape index (κ2) is 14.0. The van der Waals surface area contributed by atoms with Crippen molar-refractivity contribution in [2.45, 2.75) is 0 Å². The van der Waals surface area contributed by atoms with Gasteiger partial charge in [0, 0.05) is 50.2 Å². The Morgan fingerprint density at radius 2 is 0.759 bits per heavy atom. The SMILES string of the molecule is c1ccc(N(c2ccccc2)c2ccc(-c3ccc(N(c4ccccc4)c4ccc(-c5ccc6oc7ccccc7c6c5)cc4)c4c3oc3ccccc34)cc2)cc1. The molecule has 2 heterocycles. The van der Waals surface area contributed by atoms with Gasteiger partial charge in [-0.3, -0.25) is 0 Å². The molecule has 11 aromatic rings. The Bertz CT molecular complexity index is 3170. The zero-order chi connectivity index (χ0) is 38.4. The van der Waals surface area contributed by atoms with E-state index in [0.717, 1.165) is 100 Å². The number of benzene rings is 9. The molecule has 2 aromatic heterocycles. The predicted molar refractivity (Wildman–Crippen MR) is 241 cm³/mol. The minimum Gasteiger partial charge on any atom is -0.456 e. The van der Waals surface area contributed by atoms with Crippen molar-refractivity contribution in [2.75, 3.05) is 9.80 Å². The molecule has 58 heavy (non-hydrogen) atoms. The topological polar surface area (TPSA) is 32.8 Å². The Kier molecular flexibility index (Phi) is 8.11. The summed E-state index contributed by atoms with van der Waals surface area (Å²) in [7, 11) is 0. The molecular formula is C54H36N2O2. The minimum atomic E-state index is 0.854. The first-order valence-electron chi connectivity index (χ1n) is 19.6. The maximum Gasteiger partial charge on any atom is 0.145 e. The lowest BCUT2D eigenvalue weighted by molar-refractivity contribution is 0.669. The fraction of sp³-hybridized carbons (Fsp3) is 0. The zero-order valence-corrected chi connectivity index (χ0v) is 31.5. The fourth-order valence-corrected chi connectivity index (χ4v) is 8.33. The molecule has 0 atom stereocenters. The number of hydrogen-bond acceptors (Lipinski definition) is 4. The van der Waals surface area contributed by atoms with Crippen LogP contribution < -0.4 is 9.80 Å². The Hall–Kier alpha value is -7.82. The van der Waals surface area contributed by atoms with Gasteiger partial charge in [0.05, 0.1) is 11.1 Å². The molecule has 0 aliphatic heterocycles. The molecule has 4 nitrogen and oxygen atoms in total. The summed E-state index contributed by atoms with van der Waals surface area (Å²) in [6.45, 7) is 0. The van der Waals surface area contributed by atoms with Crippen LogP contribution in [0.25, 0.3) is 66.1 Å². The van der Waals surface area contributed by atoms with Gasteiger partial charge in [-0.2, -0.15) is 0 Å². The summed E-state index contributed by atoms with van der Waals surface area (Å²) in [6, 6.07) is 76.7. The Labute approximate surface area is 336 Å². The number of rotatable bonds is 8. The molecule has 9 aromatic carbocycles. The van der Waals surface area contributed by atoms with E-state index >= 15 is 0 Å². The third kappa shape index (κ3) is 5.78. The summed E-state index contributed by atoms with van der Waals surface area (Å²) < 4.78 is 12.9. The van der Waals surface area contributed by atoms with Crippen molar-refractivity contribution in [3.63, 3.8) is 0 Å². The van der Waals surface area contributed by atoms with E-state index in [0.29, 0.717) is 0 Å². The average molecular weight is 745 g/mol. The van der Waals surface area contributed by atoms with Gasteiger partial charge in [0.15, 0.2) is 0 Å². The van der Waals surface area contributed by atoms with Gasteiger partial charge in [-0.1, -0.05) is 121 Å². The molecule has 0 fully saturated rings. The van der Waals surface area contributed by atoms with Gasteiger partial charge in [0.1, 0.15) is 22.3 Å². The van der Waals surface area contributed by atoms with Gasteiger partial charge >= 0.3 is 0 Å². The molecule has 0 radical (unpaired) electrons. The summed E-state index contributed by atoms with van der Waals surface area (Å²) in [5, 5.41) is 4.39. The van der Waals surface area contributed by atoms with Crippen molar-refractivity contribution in [2.24, 2.45) is 0 Å². The molecule has 0 unspecified atom stereocenters. The van der Waals surface area contributed by atoms with E-state index in [2.05, 4.69) is 210 Å². The maximum atomic E-state index is 6.81. The molecule has 0 saturated carbocycles. The first-order valence-corrected chi connectivity index (χ1v) is 19.6. The highest BCUT2D eigenvalue weighted by molar-refractivity contribution is 6.17. The first-order chi connectivity index (χ1) is 28.8. The summed E-state index contributed by atoms with van der Waals surface area (Å²) in [4.78, 5) is 4.62. The number of anilines is 6. The van der Waals surface area contributed by atoms with E-state index in [1.807, 2.05) is 18.2 Å². The predicted octanol–water partition coefficient (Wildman–Crippen LogP) is 15.8. The minimum absolute atomic E-state index is 0.854. The molecule has 11 rings (SSSR count). The van der Waals surface area contributed by atoms with Crippen LogP contribution in [-0.4, -0.2) is 0 Å². The van der Waals surface area contributed by atoms with Crippen molar-refractivity contribution in [3.05, 3.63) is 218 Å². The molecule has 0 aliphatic carbocycles. The van der Waals surface area contributed by atoms with Crippen LogP contribution in [0.1, 0.15) is 0 Å². The molecule has 0 saturated heterocycles. The van der Waals surface area contributed by atoms with Crippen LogP contribution in [-0.2, 0) is 0 Å². The van der Waals surface area contributed by atoms with E-state index in [9.17, 15) is 0 Å². The van der Waals surface area contributed by atoms with E-state index in [4.69, 9.17) is 8.83 Å². The first kappa shape index (κ1) is 33.5. The number of furan rings is 2. The number of para-hydroxylation sites is 5. The highest BCUT2D eigenvalue weighted by Crippen LogP contribution is 2.47.